The normalized spacial score (nSPS) is 19.7. The van der Waals surface area contributed by atoms with Crippen LogP contribution in [0.1, 0.15) is 49.4 Å². The van der Waals surface area contributed by atoms with Crippen molar-refractivity contribution in [3.05, 3.63) is 30.1 Å². The van der Waals surface area contributed by atoms with Gasteiger partial charge in [-0.05, 0) is 37.3 Å². The van der Waals surface area contributed by atoms with Gasteiger partial charge in [0.05, 0.1) is 5.56 Å². The summed E-state index contributed by atoms with van der Waals surface area (Å²) in [7, 11) is 0. The number of carbonyl (C=O) groups excluding carboxylic acids is 1. The fraction of sp³-hybridized carbons (Fsp3) is 0.529. The highest BCUT2D eigenvalue weighted by Crippen LogP contribution is 2.24. The van der Waals surface area contributed by atoms with Crippen molar-refractivity contribution in [2.75, 3.05) is 13.1 Å². The largest absolute Gasteiger partial charge is 0.345 e. The second-order valence-corrected chi connectivity index (χ2v) is 5.98. The highest BCUT2D eigenvalue weighted by molar-refractivity contribution is 6.05. The van der Waals surface area contributed by atoms with Gasteiger partial charge in [0.15, 0.2) is 0 Å². The third-order valence-electron chi connectivity index (χ3n) is 4.51. The summed E-state index contributed by atoms with van der Waals surface area (Å²) >= 11 is 0. The van der Waals surface area contributed by atoms with Gasteiger partial charge < -0.3 is 9.88 Å². The first-order chi connectivity index (χ1) is 10.3. The maximum absolute atomic E-state index is 12.8. The Bertz CT molecular complexity index is 619. The van der Waals surface area contributed by atoms with E-state index in [-0.39, 0.29) is 5.91 Å². The molecule has 1 N–H and O–H groups in total. The first-order valence-electron chi connectivity index (χ1n) is 8.01. The van der Waals surface area contributed by atoms with Crippen molar-refractivity contribution in [3.8, 4) is 0 Å². The minimum Gasteiger partial charge on any atom is -0.345 e. The molecule has 1 fully saturated rings. The molecule has 0 aliphatic carbocycles. The number of nitrogens with zero attached hydrogens (tertiary/aromatic N) is 2. The number of rotatable bonds is 3. The molecular weight excluding hydrogens is 262 g/mol. The summed E-state index contributed by atoms with van der Waals surface area (Å²) < 4.78 is 0. The van der Waals surface area contributed by atoms with Gasteiger partial charge in [0.25, 0.3) is 5.91 Å². The molecule has 2 aromatic rings. The van der Waals surface area contributed by atoms with Gasteiger partial charge in [0, 0.05) is 30.9 Å². The molecule has 0 spiro atoms. The molecule has 1 aliphatic rings. The molecule has 4 heteroatoms. The molecule has 112 valence electrons. The quantitative estimate of drug-likeness (QED) is 0.936. The second-order valence-electron chi connectivity index (χ2n) is 5.98. The number of fused-ring (bicyclic) bond motifs is 1. The summed E-state index contributed by atoms with van der Waals surface area (Å²) in [5, 5.41) is 0.928. The zero-order valence-electron chi connectivity index (χ0n) is 12.6. The van der Waals surface area contributed by atoms with Crippen LogP contribution in [-0.2, 0) is 0 Å². The third kappa shape index (κ3) is 2.94. The Morgan fingerprint density at radius 2 is 2.33 bits per heavy atom. The summed E-state index contributed by atoms with van der Waals surface area (Å²) in [4.78, 5) is 22.1. The number of aromatic nitrogens is 2. The monoisotopic (exact) mass is 285 g/mol. The molecule has 1 saturated heterocycles. The molecular formula is C17H23N3O. The van der Waals surface area contributed by atoms with Gasteiger partial charge in [-0.3, -0.25) is 4.79 Å². The van der Waals surface area contributed by atoms with Crippen LogP contribution < -0.4 is 0 Å². The molecule has 3 heterocycles. The number of nitrogens with one attached hydrogen (secondary N) is 1. The van der Waals surface area contributed by atoms with Gasteiger partial charge in [-0.15, -0.1) is 0 Å². The van der Waals surface area contributed by atoms with Gasteiger partial charge in [0.2, 0.25) is 0 Å². The molecule has 4 nitrogen and oxygen atoms in total. The Balaban J connectivity index is 1.76. The van der Waals surface area contributed by atoms with Crippen molar-refractivity contribution in [2.45, 2.75) is 39.0 Å². The first-order valence-corrected chi connectivity index (χ1v) is 8.01. The van der Waals surface area contributed by atoms with Gasteiger partial charge in [0.1, 0.15) is 5.65 Å². The van der Waals surface area contributed by atoms with Crippen LogP contribution in [0.2, 0.25) is 0 Å². The van der Waals surface area contributed by atoms with Crippen LogP contribution >= 0.6 is 0 Å². The Morgan fingerprint density at radius 1 is 1.43 bits per heavy atom. The molecule has 1 atom stereocenters. The van der Waals surface area contributed by atoms with Crippen molar-refractivity contribution >= 4 is 16.9 Å². The molecule has 1 aliphatic heterocycles. The Morgan fingerprint density at radius 3 is 3.19 bits per heavy atom. The van der Waals surface area contributed by atoms with E-state index in [4.69, 9.17) is 0 Å². The first kappa shape index (κ1) is 14.1. The van der Waals surface area contributed by atoms with Crippen molar-refractivity contribution in [1.82, 2.24) is 14.9 Å². The van der Waals surface area contributed by atoms with E-state index in [2.05, 4.69) is 16.9 Å². The lowest BCUT2D eigenvalue weighted by Gasteiger charge is -2.20. The second kappa shape index (κ2) is 6.29. The molecule has 3 rings (SSSR count). The average Bonchev–Trinajstić information content (AvgIpc) is 2.80. The van der Waals surface area contributed by atoms with E-state index in [1.165, 1.54) is 19.3 Å². The molecule has 0 bridgehead atoms. The lowest BCUT2D eigenvalue weighted by Crippen LogP contribution is -2.31. The van der Waals surface area contributed by atoms with Crippen molar-refractivity contribution in [2.24, 2.45) is 5.92 Å². The summed E-state index contributed by atoms with van der Waals surface area (Å²) in [6.45, 7) is 4.01. The summed E-state index contributed by atoms with van der Waals surface area (Å²) in [5.74, 6) is 0.934. The maximum Gasteiger partial charge on any atom is 0.256 e. The number of aromatic amines is 1. The van der Waals surface area contributed by atoms with Gasteiger partial charge in [-0.1, -0.05) is 19.8 Å². The number of pyridine rings is 1. The van der Waals surface area contributed by atoms with E-state index in [0.717, 1.165) is 48.4 Å². The molecule has 2 aromatic heterocycles. The topological polar surface area (TPSA) is 49.0 Å². The minimum absolute atomic E-state index is 0.145. The molecule has 21 heavy (non-hydrogen) atoms. The van der Waals surface area contributed by atoms with E-state index in [1.54, 1.807) is 12.4 Å². The van der Waals surface area contributed by atoms with Crippen LogP contribution in [0.15, 0.2) is 24.5 Å². The van der Waals surface area contributed by atoms with E-state index < -0.39 is 0 Å². The Hall–Kier alpha value is -1.84. The highest BCUT2D eigenvalue weighted by atomic mass is 16.2. The number of H-pyrrole nitrogens is 1. The van der Waals surface area contributed by atoms with Crippen molar-refractivity contribution in [3.63, 3.8) is 0 Å². The van der Waals surface area contributed by atoms with Crippen LogP contribution in [0.4, 0.5) is 0 Å². The summed E-state index contributed by atoms with van der Waals surface area (Å²) in [6.07, 6.45) is 9.60. The van der Waals surface area contributed by atoms with Gasteiger partial charge >= 0.3 is 0 Å². The molecule has 1 amide bonds. The van der Waals surface area contributed by atoms with Crippen LogP contribution in [0.3, 0.4) is 0 Å². The smallest absolute Gasteiger partial charge is 0.256 e. The van der Waals surface area contributed by atoms with Crippen LogP contribution in [0, 0.1) is 5.92 Å². The highest BCUT2D eigenvalue weighted by Gasteiger charge is 2.23. The number of carbonyl (C=O) groups is 1. The zero-order chi connectivity index (χ0) is 14.7. The standard InChI is InChI=1S/C17H23N3O/c1-2-5-13-6-4-10-20(11-8-13)17(21)15-12-19-16-14(15)7-3-9-18-16/h3,7,9,12-13H,2,4-6,8,10-11H2,1H3,(H,18,19)/t13-/m1/s1. The van der Waals surface area contributed by atoms with Gasteiger partial charge in [-0.25, -0.2) is 4.98 Å². The number of likely N-dealkylation sites (tertiary alicyclic amines) is 1. The zero-order valence-corrected chi connectivity index (χ0v) is 12.6. The summed E-state index contributed by atoms with van der Waals surface area (Å²) in [6, 6.07) is 3.84. The predicted molar refractivity (Wildman–Crippen MR) is 84.2 cm³/mol. The molecule has 0 saturated carbocycles. The predicted octanol–water partition coefficient (Wildman–Crippen LogP) is 3.61. The lowest BCUT2D eigenvalue weighted by atomic mass is 9.96. The van der Waals surface area contributed by atoms with Crippen molar-refractivity contribution < 1.29 is 4.79 Å². The number of amides is 1. The fourth-order valence-electron chi connectivity index (χ4n) is 3.37. The SMILES string of the molecule is CCC[C@@H]1CCCN(C(=O)c2c[nH]c3ncccc23)CC1. The molecule has 0 aromatic carbocycles. The van der Waals surface area contributed by atoms with E-state index in [0.29, 0.717) is 0 Å². The molecule has 0 unspecified atom stereocenters. The number of hydrogen-bond donors (Lipinski definition) is 1. The lowest BCUT2D eigenvalue weighted by molar-refractivity contribution is 0.0762. The van der Waals surface area contributed by atoms with Crippen LogP contribution in [-0.4, -0.2) is 33.9 Å². The minimum atomic E-state index is 0.145. The Kier molecular flexibility index (Phi) is 4.23. The third-order valence-corrected chi connectivity index (χ3v) is 4.51. The fourth-order valence-corrected chi connectivity index (χ4v) is 3.37. The van der Waals surface area contributed by atoms with Gasteiger partial charge in [-0.2, -0.15) is 0 Å². The van der Waals surface area contributed by atoms with E-state index in [9.17, 15) is 4.79 Å². The number of hydrogen-bond acceptors (Lipinski definition) is 2. The van der Waals surface area contributed by atoms with Crippen LogP contribution in [0.5, 0.6) is 0 Å². The van der Waals surface area contributed by atoms with Crippen LogP contribution in [0.25, 0.3) is 11.0 Å². The molecule has 0 radical (unpaired) electrons. The summed E-state index contributed by atoms with van der Waals surface area (Å²) in [5.41, 5.74) is 1.55. The van der Waals surface area contributed by atoms with Crippen molar-refractivity contribution in [1.29, 1.82) is 0 Å². The van der Waals surface area contributed by atoms with E-state index >= 15 is 0 Å². The average molecular weight is 285 g/mol. The van der Waals surface area contributed by atoms with E-state index in [1.807, 2.05) is 17.0 Å². The Labute approximate surface area is 125 Å². The maximum atomic E-state index is 12.8.